The Balaban J connectivity index is 1.37. The first-order chi connectivity index (χ1) is 20.1. The maximum Gasteiger partial charge on any atom is 0.419 e. The van der Waals surface area contributed by atoms with Gasteiger partial charge in [-0.1, -0.05) is 69.0 Å². The Labute approximate surface area is 241 Å². The van der Waals surface area contributed by atoms with Crippen LogP contribution in [0.3, 0.4) is 0 Å². The number of hydrogen-bond donors (Lipinski definition) is 0. The minimum absolute atomic E-state index is 0.0355. The van der Waals surface area contributed by atoms with E-state index in [4.69, 9.17) is 4.74 Å². The largest absolute Gasteiger partial charge is 0.493 e. The van der Waals surface area contributed by atoms with Gasteiger partial charge < -0.3 is 4.74 Å². The highest BCUT2D eigenvalue weighted by atomic mass is 19.4. The number of hydrogen-bond acceptors (Lipinski definition) is 1. The van der Waals surface area contributed by atoms with Crippen LogP contribution >= 0.6 is 0 Å². The topological polar surface area (TPSA) is 9.23 Å². The Bertz CT molecular complexity index is 1490. The van der Waals surface area contributed by atoms with Gasteiger partial charge in [-0.05, 0) is 66.3 Å². The molecule has 4 aromatic carbocycles. The lowest BCUT2D eigenvalue weighted by Gasteiger charge is -2.12. The molecular formula is C34H33F7O. The van der Waals surface area contributed by atoms with Crippen molar-refractivity contribution in [2.45, 2.75) is 70.9 Å². The van der Waals surface area contributed by atoms with Gasteiger partial charge in [-0.3, -0.25) is 0 Å². The molecule has 0 amide bonds. The molecule has 0 fully saturated rings. The van der Waals surface area contributed by atoms with Gasteiger partial charge in [0.05, 0.1) is 12.2 Å². The summed E-state index contributed by atoms with van der Waals surface area (Å²) in [6.45, 7) is 2.54. The molecule has 0 aliphatic heterocycles. The van der Waals surface area contributed by atoms with Crippen molar-refractivity contribution in [3.8, 4) is 5.75 Å². The Morgan fingerprint density at radius 3 is 2.00 bits per heavy atom. The van der Waals surface area contributed by atoms with Crippen molar-refractivity contribution in [3.63, 3.8) is 0 Å². The van der Waals surface area contributed by atoms with Crippen molar-refractivity contribution in [1.29, 1.82) is 0 Å². The number of alkyl halides is 3. The molecule has 0 N–H and O–H groups in total. The average Bonchev–Trinajstić information content (AvgIpc) is 2.93. The van der Waals surface area contributed by atoms with E-state index in [-0.39, 0.29) is 30.6 Å². The SMILES string of the molecule is CCCCCCCOc1cc(F)c(CCc2ccc3c(F)c(CCc4ccc(C(F)(F)F)c(F)c4)ccc3c2)c(F)c1. The van der Waals surface area contributed by atoms with Crippen molar-refractivity contribution in [2.24, 2.45) is 0 Å². The highest BCUT2D eigenvalue weighted by Crippen LogP contribution is 2.32. The van der Waals surface area contributed by atoms with Crippen LogP contribution in [0.5, 0.6) is 5.75 Å². The second kappa shape index (κ2) is 14.1. The van der Waals surface area contributed by atoms with Crippen molar-refractivity contribution in [3.05, 3.63) is 112 Å². The molecule has 0 saturated carbocycles. The molecule has 0 atom stereocenters. The lowest BCUT2D eigenvalue weighted by molar-refractivity contribution is -0.140. The van der Waals surface area contributed by atoms with Gasteiger partial charge in [0, 0.05) is 23.1 Å². The van der Waals surface area contributed by atoms with E-state index in [0.29, 0.717) is 41.0 Å². The van der Waals surface area contributed by atoms with E-state index in [2.05, 4.69) is 6.92 Å². The van der Waals surface area contributed by atoms with Crippen LogP contribution in [-0.4, -0.2) is 6.61 Å². The number of ether oxygens (including phenoxy) is 1. The zero-order valence-corrected chi connectivity index (χ0v) is 23.4. The van der Waals surface area contributed by atoms with Gasteiger partial charge in [-0.2, -0.15) is 13.2 Å². The molecule has 1 nitrogen and oxygen atoms in total. The van der Waals surface area contributed by atoms with Crippen LogP contribution in [0.15, 0.2) is 60.7 Å². The van der Waals surface area contributed by atoms with E-state index < -0.39 is 35.0 Å². The van der Waals surface area contributed by atoms with Gasteiger partial charge in [0.15, 0.2) is 0 Å². The predicted octanol–water partition coefficient (Wildman–Crippen LogP) is 10.3. The van der Waals surface area contributed by atoms with Crippen LogP contribution in [-0.2, 0) is 31.9 Å². The number of unbranched alkanes of at least 4 members (excludes halogenated alkanes) is 4. The maximum absolute atomic E-state index is 15.2. The molecule has 0 saturated heterocycles. The monoisotopic (exact) mass is 590 g/mol. The van der Waals surface area contributed by atoms with Crippen LogP contribution in [0.25, 0.3) is 10.8 Å². The van der Waals surface area contributed by atoms with Crippen molar-refractivity contribution in [1.82, 2.24) is 0 Å². The molecular weight excluding hydrogens is 557 g/mol. The minimum Gasteiger partial charge on any atom is -0.493 e. The van der Waals surface area contributed by atoms with Crippen LogP contribution < -0.4 is 4.74 Å². The predicted molar refractivity (Wildman–Crippen MR) is 151 cm³/mol. The number of fused-ring (bicyclic) bond motifs is 1. The van der Waals surface area contributed by atoms with E-state index in [0.717, 1.165) is 43.7 Å². The molecule has 0 heterocycles. The lowest BCUT2D eigenvalue weighted by Crippen LogP contribution is -2.08. The van der Waals surface area contributed by atoms with E-state index in [1.165, 1.54) is 18.2 Å². The second-order valence-corrected chi connectivity index (χ2v) is 10.5. The number of halogens is 7. The summed E-state index contributed by atoms with van der Waals surface area (Å²) in [6.07, 6.45) is 1.25. The molecule has 0 bridgehead atoms. The highest BCUT2D eigenvalue weighted by Gasteiger charge is 2.33. The third kappa shape index (κ3) is 8.05. The molecule has 0 radical (unpaired) electrons. The third-order valence-corrected chi connectivity index (χ3v) is 7.42. The third-order valence-electron chi connectivity index (χ3n) is 7.42. The van der Waals surface area contributed by atoms with Crippen LogP contribution in [0, 0.1) is 23.3 Å². The Kier molecular flexibility index (Phi) is 10.5. The Hall–Kier alpha value is -3.55. The fourth-order valence-electron chi connectivity index (χ4n) is 5.02. The van der Waals surface area contributed by atoms with Gasteiger partial charge in [-0.25, -0.2) is 17.6 Å². The summed E-state index contributed by atoms with van der Waals surface area (Å²) in [5.41, 5.74) is 0.0893. The molecule has 42 heavy (non-hydrogen) atoms. The molecule has 0 aromatic heterocycles. The Morgan fingerprint density at radius 1 is 0.643 bits per heavy atom. The standard InChI is InChI=1S/C34H33F7O/c1-2-3-4-5-6-17-42-26-20-30(35)28(31(36)21-26)15-9-22-8-14-27-25(18-22)13-12-24(33(27)38)11-7-23-10-16-29(32(37)19-23)34(39,40)41/h8,10,12-14,16,18-21H,2-7,9,11,15,17H2,1H3. The smallest absolute Gasteiger partial charge is 0.419 e. The van der Waals surface area contributed by atoms with Crippen LogP contribution in [0.4, 0.5) is 30.7 Å². The van der Waals surface area contributed by atoms with E-state index >= 15 is 4.39 Å². The first-order valence-electron chi connectivity index (χ1n) is 14.2. The fourth-order valence-corrected chi connectivity index (χ4v) is 5.02. The zero-order valence-electron chi connectivity index (χ0n) is 23.4. The second-order valence-electron chi connectivity index (χ2n) is 10.5. The highest BCUT2D eigenvalue weighted by molar-refractivity contribution is 5.84. The quantitative estimate of drug-likeness (QED) is 0.111. The van der Waals surface area contributed by atoms with E-state index in [1.807, 2.05) is 0 Å². The summed E-state index contributed by atoms with van der Waals surface area (Å²) >= 11 is 0. The molecule has 0 unspecified atom stereocenters. The molecule has 0 aliphatic carbocycles. The summed E-state index contributed by atoms with van der Waals surface area (Å²) in [6, 6.07) is 13.5. The molecule has 4 rings (SSSR count). The molecule has 8 heteroatoms. The summed E-state index contributed by atoms with van der Waals surface area (Å²) in [4.78, 5) is 0. The first kappa shape index (κ1) is 31.4. The van der Waals surface area contributed by atoms with E-state index in [9.17, 15) is 26.3 Å². The fraction of sp³-hybridized carbons (Fsp3) is 0.353. The van der Waals surface area contributed by atoms with E-state index in [1.54, 1.807) is 30.3 Å². The summed E-state index contributed by atoms with van der Waals surface area (Å²) < 4.78 is 102. The van der Waals surface area contributed by atoms with Gasteiger partial charge in [-0.15, -0.1) is 0 Å². The van der Waals surface area contributed by atoms with Crippen molar-refractivity contribution in [2.75, 3.05) is 6.61 Å². The maximum atomic E-state index is 15.2. The number of rotatable bonds is 13. The molecule has 4 aromatic rings. The van der Waals surface area contributed by atoms with Gasteiger partial charge >= 0.3 is 6.18 Å². The molecule has 0 spiro atoms. The minimum atomic E-state index is -4.78. The average molecular weight is 591 g/mol. The van der Waals surface area contributed by atoms with Gasteiger partial charge in [0.25, 0.3) is 0 Å². The van der Waals surface area contributed by atoms with Crippen molar-refractivity contribution >= 4 is 10.8 Å². The van der Waals surface area contributed by atoms with Crippen LogP contribution in [0.1, 0.15) is 66.8 Å². The lowest BCUT2D eigenvalue weighted by atomic mass is 9.97. The molecule has 0 aliphatic rings. The normalized spacial score (nSPS) is 11.8. The van der Waals surface area contributed by atoms with Gasteiger partial charge in [0.1, 0.15) is 29.0 Å². The number of aryl methyl sites for hydroxylation is 3. The summed E-state index contributed by atoms with van der Waals surface area (Å²) in [7, 11) is 0. The number of benzene rings is 4. The van der Waals surface area contributed by atoms with Gasteiger partial charge in [0.2, 0.25) is 0 Å². The zero-order chi connectivity index (χ0) is 30.3. The summed E-state index contributed by atoms with van der Waals surface area (Å²) in [5, 5.41) is 0.960. The first-order valence-corrected chi connectivity index (χ1v) is 14.2. The molecule has 224 valence electrons. The van der Waals surface area contributed by atoms with Crippen LogP contribution in [0.2, 0.25) is 0 Å². The summed E-state index contributed by atoms with van der Waals surface area (Å²) in [5.74, 6) is -2.99. The van der Waals surface area contributed by atoms with Crippen molar-refractivity contribution < 1.29 is 35.5 Å². The Morgan fingerprint density at radius 2 is 1.31 bits per heavy atom.